The van der Waals surface area contributed by atoms with Gasteiger partial charge in [0.1, 0.15) is 4.90 Å². The van der Waals surface area contributed by atoms with Gasteiger partial charge >= 0.3 is 0 Å². The Morgan fingerprint density at radius 2 is 2.05 bits per heavy atom. The third kappa shape index (κ3) is 2.48. The van der Waals surface area contributed by atoms with Crippen LogP contribution in [0.4, 0.5) is 5.69 Å². The summed E-state index contributed by atoms with van der Waals surface area (Å²) in [4.78, 5) is 0.179. The van der Waals surface area contributed by atoms with Crippen LogP contribution >= 0.6 is 0 Å². The molecule has 0 fully saturated rings. The molecule has 0 aliphatic heterocycles. The Labute approximate surface area is 112 Å². The average molecular weight is 283 g/mol. The molecule has 0 bridgehead atoms. The van der Waals surface area contributed by atoms with Crippen LogP contribution in [0.25, 0.3) is 0 Å². The molecule has 0 amide bonds. The van der Waals surface area contributed by atoms with Gasteiger partial charge in [0.2, 0.25) is 0 Å². The van der Waals surface area contributed by atoms with Crippen molar-refractivity contribution in [2.75, 3.05) is 4.72 Å². The van der Waals surface area contributed by atoms with Crippen molar-refractivity contribution < 1.29 is 8.42 Å². The minimum Gasteiger partial charge on any atom is -0.276 e. The first-order chi connectivity index (χ1) is 8.85. The first-order valence-electron chi connectivity index (χ1n) is 5.90. The van der Waals surface area contributed by atoms with Crippen LogP contribution in [0.15, 0.2) is 17.3 Å². The summed E-state index contributed by atoms with van der Waals surface area (Å²) in [6.45, 7) is 6.13. The van der Waals surface area contributed by atoms with Crippen LogP contribution in [-0.4, -0.2) is 28.0 Å². The molecule has 19 heavy (non-hydrogen) atoms. The molecule has 2 heterocycles. The van der Waals surface area contributed by atoms with Crippen LogP contribution < -0.4 is 4.72 Å². The topological polar surface area (TPSA) is 81.8 Å². The zero-order valence-corrected chi connectivity index (χ0v) is 12.2. The number of aromatic nitrogens is 4. The van der Waals surface area contributed by atoms with E-state index >= 15 is 0 Å². The van der Waals surface area contributed by atoms with E-state index in [-0.39, 0.29) is 4.90 Å². The summed E-state index contributed by atoms with van der Waals surface area (Å²) in [7, 11) is -1.94. The van der Waals surface area contributed by atoms with Gasteiger partial charge in [-0.15, -0.1) is 0 Å². The molecule has 2 rings (SSSR count). The fraction of sp³-hybridized carbons (Fsp3) is 0.455. The number of hydrogen-bond donors (Lipinski definition) is 1. The van der Waals surface area contributed by atoms with E-state index in [9.17, 15) is 8.42 Å². The molecular weight excluding hydrogens is 266 g/mol. The normalized spacial score (nSPS) is 11.8. The highest BCUT2D eigenvalue weighted by molar-refractivity contribution is 7.92. The maximum atomic E-state index is 12.3. The summed E-state index contributed by atoms with van der Waals surface area (Å²) in [6.07, 6.45) is 3.00. The second kappa shape index (κ2) is 4.69. The predicted octanol–water partition coefficient (Wildman–Crippen LogP) is 1.05. The predicted molar refractivity (Wildman–Crippen MR) is 71.4 cm³/mol. The molecule has 0 saturated carbocycles. The van der Waals surface area contributed by atoms with Crippen LogP contribution in [0.1, 0.15) is 18.3 Å². The summed E-state index contributed by atoms with van der Waals surface area (Å²) in [5.74, 6) is 0. The van der Waals surface area contributed by atoms with Crippen LogP contribution in [-0.2, 0) is 23.6 Å². The van der Waals surface area contributed by atoms with Gasteiger partial charge in [-0.05, 0) is 20.8 Å². The molecule has 7 nitrogen and oxygen atoms in total. The standard InChI is InChI=1S/C11H17N5O2S/c1-5-16-9(3)10(6-12-16)14-19(17,18)11-7-15(4)13-8(11)2/h6-7,14H,5H2,1-4H3. The molecule has 0 unspecified atom stereocenters. The molecule has 0 atom stereocenters. The monoisotopic (exact) mass is 283 g/mol. The molecule has 2 aromatic heterocycles. The van der Waals surface area contributed by atoms with E-state index in [0.29, 0.717) is 17.9 Å². The third-order valence-corrected chi connectivity index (χ3v) is 4.37. The fourth-order valence-corrected chi connectivity index (χ4v) is 3.23. The lowest BCUT2D eigenvalue weighted by molar-refractivity contribution is 0.600. The highest BCUT2D eigenvalue weighted by atomic mass is 32.2. The Bertz CT molecular complexity index is 699. The van der Waals surface area contributed by atoms with Crippen molar-refractivity contribution in [2.24, 2.45) is 7.05 Å². The molecule has 8 heteroatoms. The van der Waals surface area contributed by atoms with Gasteiger partial charge in [0.15, 0.2) is 0 Å². The van der Waals surface area contributed by atoms with Crippen molar-refractivity contribution >= 4 is 15.7 Å². The number of rotatable bonds is 4. The van der Waals surface area contributed by atoms with Gasteiger partial charge in [-0.1, -0.05) is 0 Å². The second-order valence-electron chi connectivity index (χ2n) is 4.32. The minimum atomic E-state index is -3.63. The molecule has 0 radical (unpaired) electrons. The zero-order chi connectivity index (χ0) is 14.2. The first kappa shape index (κ1) is 13.6. The number of anilines is 1. The van der Waals surface area contributed by atoms with Gasteiger partial charge in [-0.2, -0.15) is 10.2 Å². The Morgan fingerprint density at radius 3 is 2.53 bits per heavy atom. The van der Waals surface area contributed by atoms with Crippen LogP contribution in [0.5, 0.6) is 0 Å². The molecule has 104 valence electrons. The van der Waals surface area contributed by atoms with E-state index in [0.717, 1.165) is 5.69 Å². The summed E-state index contributed by atoms with van der Waals surface area (Å²) in [6, 6.07) is 0. The molecule has 2 aromatic rings. The van der Waals surface area contributed by atoms with Crippen molar-refractivity contribution in [3.05, 3.63) is 23.8 Å². The summed E-state index contributed by atoms with van der Waals surface area (Å²) >= 11 is 0. The lowest BCUT2D eigenvalue weighted by Crippen LogP contribution is -2.14. The Hall–Kier alpha value is -1.83. The Kier molecular flexibility index (Phi) is 3.36. The smallest absolute Gasteiger partial charge is 0.265 e. The largest absolute Gasteiger partial charge is 0.276 e. The lowest BCUT2D eigenvalue weighted by Gasteiger charge is -2.06. The quantitative estimate of drug-likeness (QED) is 0.909. The molecule has 1 N–H and O–H groups in total. The van der Waals surface area contributed by atoms with Gasteiger partial charge in [0.25, 0.3) is 10.0 Å². The number of sulfonamides is 1. The van der Waals surface area contributed by atoms with Crippen molar-refractivity contribution in [1.82, 2.24) is 19.6 Å². The maximum Gasteiger partial charge on any atom is 0.265 e. The van der Waals surface area contributed by atoms with Crippen molar-refractivity contribution in [3.63, 3.8) is 0 Å². The Morgan fingerprint density at radius 1 is 1.37 bits per heavy atom. The van der Waals surface area contributed by atoms with Crippen LogP contribution in [0.2, 0.25) is 0 Å². The molecule has 0 aliphatic carbocycles. The first-order valence-corrected chi connectivity index (χ1v) is 7.39. The van der Waals surface area contributed by atoms with Gasteiger partial charge < -0.3 is 0 Å². The number of nitrogens with one attached hydrogen (secondary N) is 1. The van der Waals surface area contributed by atoms with E-state index in [2.05, 4.69) is 14.9 Å². The van der Waals surface area contributed by atoms with Crippen LogP contribution in [0.3, 0.4) is 0 Å². The van der Waals surface area contributed by atoms with Gasteiger partial charge in [-0.3, -0.25) is 14.1 Å². The van der Waals surface area contributed by atoms with E-state index in [1.807, 2.05) is 13.8 Å². The third-order valence-electron chi connectivity index (χ3n) is 2.90. The number of hydrogen-bond acceptors (Lipinski definition) is 4. The Balaban J connectivity index is 2.36. The number of aryl methyl sites for hydroxylation is 3. The van der Waals surface area contributed by atoms with Crippen LogP contribution in [0, 0.1) is 13.8 Å². The molecule has 0 spiro atoms. The van der Waals surface area contributed by atoms with E-state index in [1.54, 1.807) is 18.7 Å². The molecule has 0 aliphatic rings. The van der Waals surface area contributed by atoms with Crippen molar-refractivity contribution in [2.45, 2.75) is 32.2 Å². The van der Waals surface area contributed by atoms with E-state index in [4.69, 9.17) is 0 Å². The van der Waals surface area contributed by atoms with Gasteiger partial charge in [0.05, 0.1) is 23.3 Å². The van der Waals surface area contributed by atoms with Crippen molar-refractivity contribution in [3.8, 4) is 0 Å². The molecular formula is C11H17N5O2S. The highest BCUT2D eigenvalue weighted by Crippen LogP contribution is 2.20. The fourth-order valence-electron chi connectivity index (χ4n) is 1.91. The summed E-state index contributed by atoms with van der Waals surface area (Å²) < 4.78 is 30.3. The zero-order valence-electron chi connectivity index (χ0n) is 11.4. The lowest BCUT2D eigenvalue weighted by atomic mass is 10.4. The highest BCUT2D eigenvalue weighted by Gasteiger charge is 2.21. The van der Waals surface area contributed by atoms with E-state index < -0.39 is 10.0 Å². The summed E-state index contributed by atoms with van der Waals surface area (Å²) in [5, 5.41) is 8.15. The van der Waals surface area contributed by atoms with Crippen molar-refractivity contribution in [1.29, 1.82) is 0 Å². The number of nitrogens with zero attached hydrogens (tertiary/aromatic N) is 4. The summed E-state index contributed by atoms with van der Waals surface area (Å²) in [5.41, 5.74) is 1.74. The maximum absolute atomic E-state index is 12.3. The SMILES string of the molecule is CCn1ncc(NS(=O)(=O)c2cn(C)nc2C)c1C. The van der Waals surface area contributed by atoms with Gasteiger partial charge in [0, 0.05) is 19.8 Å². The van der Waals surface area contributed by atoms with E-state index in [1.165, 1.54) is 17.1 Å². The minimum absolute atomic E-state index is 0.179. The average Bonchev–Trinajstić information content (AvgIpc) is 2.83. The van der Waals surface area contributed by atoms with Gasteiger partial charge in [-0.25, -0.2) is 8.42 Å². The second-order valence-corrected chi connectivity index (χ2v) is 5.97. The molecule has 0 aromatic carbocycles. The molecule has 0 saturated heterocycles.